The fourth-order valence-corrected chi connectivity index (χ4v) is 5.15. The number of benzene rings is 3. The second kappa shape index (κ2) is 10.4. The molecule has 0 saturated heterocycles. The molecule has 35 heavy (non-hydrogen) atoms. The molecule has 3 aromatic carbocycles. The minimum Gasteiger partial charge on any atom is -0.321 e. The first-order valence-corrected chi connectivity index (χ1v) is 12.4. The van der Waals surface area contributed by atoms with Crippen LogP contribution in [0.5, 0.6) is 0 Å². The average molecular weight is 460 g/mol. The van der Waals surface area contributed by atoms with Crippen LogP contribution in [-0.2, 0) is 11.3 Å². The van der Waals surface area contributed by atoms with Gasteiger partial charge in [-0.3, -0.25) is 4.79 Å². The molecule has 174 valence electrons. The predicted molar refractivity (Wildman–Crippen MR) is 141 cm³/mol. The fourth-order valence-electron chi connectivity index (χ4n) is 5.15. The lowest BCUT2D eigenvalue weighted by molar-refractivity contribution is -0.120. The fraction of sp³-hybridized carbons (Fsp3) is 0.226. The van der Waals surface area contributed by atoms with E-state index in [1.165, 1.54) is 6.42 Å². The molecule has 4 heteroatoms. The van der Waals surface area contributed by atoms with Gasteiger partial charge in [-0.25, -0.2) is 0 Å². The van der Waals surface area contributed by atoms with E-state index < -0.39 is 0 Å². The normalized spacial score (nSPS) is 13.8. The molecule has 4 aromatic rings. The van der Waals surface area contributed by atoms with Crippen LogP contribution in [0.1, 0.15) is 43.2 Å². The van der Waals surface area contributed by atoms with Crippen molar-refractivity contribution in [2.75, 3.05) is 5.32 Å². The molecule has 0 radical (unpaired) electrons. The predicted octanol–water partition coefficient (Wildman–Crippen LogP) is 7.26. The van der Waals surface area contributed by atoms with Crippen molar-refractivity contribution >= 4 is 11.7 Å². The van der Waals surface area contributed by atoms with Gasteiger partial charge in [0.15, 0.2) is 0 Å². The lowest BCUT2D eigenvalue weighted by atomic mass is 9.88. The molecule has 0 bridgehead atoms. The van der Waals surface area contributed by atoms with Crippen LogP contribution in [0, 0.1) is 17.2 Å². The van der Waals surface area contributed by atoms with Gasteiger partial charge < -0.3 is 9.88 Å². The van der Waals surface area contributed by atoms with E-state index in [1.807, 2.05) is 66.7 Å². The molecule has 5 rings (SSSR count). The third kappa shape index (κ3) is 4.76. The van der Waals surface area contributed by atoms with E-state index in [-0.39, 0.29) is 11.8 Å². The Bertz CT molecular complexity index is 1330. The highest BCUT2D eigenvalue weighted by Crippen LogP contribution is 2.42. The van der Waals surface area contributed by atoms with Crippen molar-refractivity contribution in [1.82, 2.24) is 4.57 Å². The van der Waals surface area contributed by atoms with E-state index >= 15 is 0 Å². The molecule has 1 fully saturated rings. The van der Waals surface area contributed by atoms with Crippen molar-refractivity contribution in [2.24, 2.45) is 5.92 Å². The largest absolute Gasteiger partial charge is 0.321 e. The van der Waals surface area contributed by atoms with Crippen LogP contribution in [-0.4, -0.2) is 10.5 Å². The summed E-state index contributed by atoms with van der Waals surface area (Å²) in [6.45, 7) is 0.548. The number of aromatic nitrogens is 1. The summed E-state index contributed by atoms with van der Waals surface area (Å²) in [5.41, 5.74) is 5.39. The van der Waals surface area contributed by atoms with Gasteiger partial charge in [0.2, 0.25) is 5.91 Å². The summed E-state index contributed by atoms with van der Waals surface area (Å²) in [4.78, 5) is 13.4. The summed E-state index contributed by atoms with van der Waals surface area (Å²) in [7, 11) is 0. The van der Waals surface area contributed by atoms with Gasteiger partial charge in [0.05, 0.1) is 5.69 Å². The molecule has 1 amide bonds. The zero-order chi connectivity index (χ0) is 24.0. The summed E-state index contributed by atoms with van der Waals surface area (Å²) in [5.74, 6) is 0.604. The Kier molecular flexibility index (Phi) is 6.77. The van der Waals surface area contributed by atoms with E-state index in [0.29, 0.717) is 17.9 Å². The molecule has 1 saturated carbocycles. The highest BCUT2D eigenvalue weighted by atomic mass is 16.2. The zero-order valence-electron chi connectivity index (χ0n) is 19.8. The Morgan fingerprint density at radius 1 is 0.829 bits per heavy atom. The van der Waals surface area contributed by atoms with Crippen LogP contribution in [0.15, 0.2) is 91.0 Å². The van der Waals surface area contributed by atoms with E-state index in [4.69, 9.17) is 0 Å². The first kappa shape index (κ1) is 22.7. The summed E-state index contributed by atoms with van der Waals surface area (Å²) in [6, 6.07) is 32.8. The number of carbonyl (C=O) groups excluding carboxylic acids is 1. The van der Waals surface area contributed by atoms with E-state index in [0.717, 1.165) is 53.6 Å². The maximum atomic E-state index is 13.4. The molecule has 1 N–H and O–H groups in total. The van der Waals surface area contributed by atoms with Crippen molar-refractivity contribution < 1.29 is 4.79 Å². The highest BCUT2D eigenvalue weighted by Gasteiger charge is 2.29. The number of amides is 1. The van der Waals surface area contributed by atoms with Gasteiger partial charge in [-0.1, -0.05) is 110 Å². The van der Waals surface area contributed by atoms with Crippen LogP contribution in [0.3, 0.4) is 0 Å². The SMILES string of the molecule is N#Cc1c(-c2ccccc2)c(-c2ccccc2)n(Cc2ccccc2)c1NC(=O)C1CCCCC1. The van der Waals surface area contributed by atoms with Gasteiger partial charge in [-0.15, -0.1) is 0 Å². The number of rotatable bonds is 6. The number of hydrogen-bond donors (Lipinski definition) is 1. The Hall–Kier alpha value is -4.10. The number of carbonyl (C=O) groups is 1. The van der Waals surface area contributed by atoms with Crippen LogP contribution in [0.25, 0.3) is 22.4 Å². The minimum absolute atomic E-state index is 0.00396. The topological polar surface area (TPSA) is 57.8 Å². The Balaban J connectivity index is 1.73. The van der Waals surface area contributed by atoms with Crippen molar-refractivity contribution in [2.45, 2.75) is 38.6 Å². The molecular weight excluding hydrogens is 430 g/mol. The van der Waals surface area contributed by atoms with E-state index in [2.05, 4.69) is 40.2 Å². The number of nitriles is 1. The smallest absolute Gasteiger partial charge is 0.228 e. The third-order valence-corrected chi connectivity index (χ3v) is 6.89. The highest BCUT2D eigenvalue weighted by molar-refractivity contribution is 5.98. The Labute approximate surface area is 206 Å². The lowest BCUT2D eigenvalue weighted by Crippen LogP contribution is -2.26. The maximum absolute atomic E-state index is 13.4. The lowest BCUT2D eigenvalue weighted by Gasteiger charge is -2.22. The molecule has 0 atom stereocenters. The number of nitrogens with one attached hydrogen (secondary N) is 1. The Morgan fingerprint density at radius 3 is 2.00 bits per heavy atom. The first-order chi connectivity index (χ1) is 17.3. The molecule has 0 spiro atoms. The van der Waals surface area contributed by atoms with Crippen molar-refractivity contribution in [3.8, 4) is 28.5 Å². The molecule has 0 aliphatic heterocycles. The number of anilines is 1. The second-order valence-corrected chi connectivity index (χ2v) is 9.19. The summed E-state index contributed by atoms with van der Waals surface area (Å²) in [6.07, 6.45) is 5.17. The number of nitrogens with zero attached hydrogens (tertiary/aromatic N) is 2. The van der Waals surface area contributed by atoms with Crippen molar-refractivity contribution in [3.63, 3.8) is 0 Å². The molecular formula is C31H29N3O. The standard InChI is InChI=1S/C31H29N3O/c32-21-27-28(24-15-7-2-8-16-24)29(25-17-9-3-10-18-25)34(22-23-13-5-1-6-14-23)30(27)33-31(35)26-19-11-4-12-20-26/h1-3,5-10,13-18,26H,4,11-12,19-20,22H2,(H,33,35). The summed E-state index contributed by atoms with van der Waals surface area (Å²) >= 11 is 0. The van der Waals surface area contributed by atoms with Gasteiger partial charge in [0.25, 0.3) is 0 Å². The molecule has 0 unspecified atom stereocenters. The quantitative estimate of drug-likeness (QED) is 0.330. The van der Waals surface area contributed by atoms with Crippen LogP contribution >= 0.6 is 0 Å². The average Bonchev–Trinajstić information content (AvgIpc) is 3.23. The van der Waals surface area contributed by atoms with Crippen LogP contribution in [0.4, 0.5) is 5.82 Å². The van der Waals surface area contributed by atoms with Gasteiger partial charge >= 0.3 is 0 Å². The monoisotopic (exact) mass is 459 g/mol. The van der Waals surface area contributed by atoms with Crippen LogP contribution < -0.4 is 5.32 Å². The van der Waals surface area contributed by atoms with Crippen LogP contribution in [0.2, 0.25) is 0 Å². The molecule has 1 aliphatic rings. The summed E-state index contributed by atoms with van der Waals surface area (Å²) < 4.78 is 2.12. The van der Waals surface area contributed by atoms with E-state index in [9.17, 15) is 10.1 Å². The molecule has 1 aliphatic carbocycles. The molecule has 4 nitrogen and oxygen atoms in total. The zero-order valence-corrected chi connectivity index (χ0v) is 19.8. The molecule has 1 heterocycles. The molecule has 1 aromatic heterocycles. The Morgan fingerprint density at radius 2 is 1.40 bits per heavy atom. The second-order valence-electron chi connectivity index (χ2n) is 9.19. The minimum atomic E-state index is -0.00396. The maximum Gasteiger partial charge on any atom is 0.228 e. The number of hydrogen-bond acceptors (Lipinski definition) is 2. The van der Waals surface area contributed by atoms with Gasteiger partial charge in [0, 0.05) is 18.0 Å². The van der Waals surface area contributed by atoms with E-state index in [1.54, 1.807) is 0 Å². The summed E-state index contributed by atoms with van der Waals surface area (Å²) in [5, 5.41) is 13.6. The third-order valence-electron chi connectivity index (χ3n) is 6.89. The van der Waals surface area contributed by atoms with Gasteiger partial charge in [-0.05, 0) is 29.5 Å². The van der Waals surface area contributed by atoms with Crippen molar-refractivity contribution in [3.05, 3.63) is 102 Å². The first-order valence-electron chi connectivity index (χ1n) is 12.4. The van der Waals surface area contributed by atoms with Gasteiger partial charge in [-0.2, -0.15) is 5.26 Å². The van der Waals surface area contributed by atoms with Gasteiger partial charge in [0.1, 0.15) is 17.5 Å². The van der Waals surface area contributed by atoms with Crippen molar-refractivity contribution in [1.29, 1.82) is 5.26 Å².